The first-order chi connectivity index (χ1) is 4.72. The third kappa shape index (κ3) is 0.993. The van der Waals surface area contributed by atoms with E-state index in [0.29, 0.717) is 0 Å². The summed E-state index contributed by atoms with van der Waals surface area (Å²) in [5.41, 5.74) is -0.595. The summed E-state index contributed by atoms with van der Waals surface area (Å²) in [4.78, 5) is 15.5. The lowest BCUT2D eigenvalue weighted by atomic mass is 10.5. The van der Waals surface area contributed by atoms with Crippen LogP contribution in [0.25, 0.3) is 0 Å². The van der Waals surface area contributed by atoms with Crippen molar-refractivity contribution in [2.45, 2.75) is 0 Å². The molecule has 0 saturated carbocycles. The van der Waals surface area contributed by atoms with Gasteiger partial charge in [0.25, 0.3) is 0 Å². The van der Waals surface area contributed by atoms with E-state index in [1.54, 1.807) is 0 Å². The minimum absolute atomic E-state index is 0.595. The highest BCUT2D eigenvalue weighted by atomic mass is 16.6. The fourth-order valence-corrected chi connectivity index (χ4v) is 0.436. The second-order valence-electron chi connectivity index (χ2n) is 1.47. The maximum atomic E-state index is 10.5. The standard InChI is InChI=1S/C4H2N3O3/c8-4-3(7(9)10)1-5-2-6-4/h1-2H. The number of nitrogens with zero attached hydrogens (tertiary/aromatic N) is 3. The van der Waals surface area contributed by atoms with E-state index in [1.807, 2.05) is 0 Å². The van der Waals surface area contributed by atoms with Gasteiger partial charge in [-0.1, -0.05) is 0 Å². The highest BCUT2D eigenvalue weighted by molar-refractivity contribution is 5.35. The van der Waals surface area contributed by atoms with Gasteiger partial charge in [-0.3, -0.25) is 15.2 Å². The molecule has 51 valence electrons. The molecular weight excluding hydrogens is 138 g/mol. The first-order valence-electron chi connectivity index (χ1n) is 2.33. The van der Waals surface area contributed by atoms with E-state index >= 15 is 0 Å². The monoisotopic (exact) mass is 140 g/mol. The van der Waals surface area contributed by atoms with Crippen LogP contribution in [0, 0.1) is 10.1 Å². The van der Waals surface area contributed by atoms with E-state index in [-0.39, 0.29) is 0 Å². The van der Waals surface area contributed by atoms with Gasteiger partial charge in [-0.05, 0) is 0 Å². The highest BCUT2D eigenvalue weighted by Gasteiger charge is 2.14. The van der Waals surface area contributed by atoms with E-state index < -0.39 is 16.5 Å². The second-order valence-corrected chi connectivity index (χ2v) is 1.47. The van der Waals surface area contributed by atoms with Crippen molar-refractivity contribution < 1.29 is 10.0 Å². The average molecular weight is 140 g/mol. The Morgan fingerprint density at radius 2 is 2.30 bits per heavy atom. The predicted molar refractivity (Wildman–Crippen MR) is 28.8 cm³/mol. The molecule has 1 heterocycles. The zero-order valence-corrected chi connectivity index (χ0v) is 4.72. The van der Waals surface area contributed by atoms with Crippen LogP contribution in [-0.4, -0.2) is 14.9 Å². The van der Waals surface area contributed by atoms with Gasteiger partial charge in [-0.25, -0.2) is 4.98 Å². The quantitative estimate of drug-likeness (QED) is 0.420. The summed E-state index contributed by atoms with van der Waals surface area (Å²) in [6.07, 6.45) is 1.84. The van der Waals surface area contributed by atoms with E-state index in [0.717, 1.165) is 12.5 Å². The van der Waals surface area contributed by atoms with Crippen LogP contribution in [0.2, 0.25) is 0 Å². The summed E-state index contributed by atoms with van der Waals surface area (Å²) < 4.78 is 0. The van der Waals surface area contributed by atoms with Crippen molar-refractivity contribution in [3.05, 3.63) is 22.6 Å². The lowest BCUT2D eigenvalue weighted by Crippen LogP contribution is -1.90. The molecule has 0 amide bonds. The Hall–Kier alpha value is -1.72. The van der Waals surface area contributed by atoms with E-state index in [1.165, 1.54) is 0 Å². The zero-order valence-electron chi connectivity index (χ0n) is 4.72. The maximum absolute atomic E-state index is 10.5. The topological polar surface area (TPSA) is 88.8 Å². The van der Waals surface area contributed by atoms with Crippen LogP contribution in [0.4, 0.5) is 5.69 Å². The largest absolute Gasteiger partial charge is 0.354 e. The van der Waals surface area contributed by atoms with Crippen LogP contribution in [-0.2, 0) is 5.11 Å². The van der Waals surface area contributed by atoms with Crippen LogP contribution in [0.3, 0.4) is 0 Å². The average Bonchev–Trinajstić information content (AvgIpc) is 1.88. The SMILES string of the molecule is [O]c1ncncc1[N+](=O)[O-]. The van der Waals surface area contributed by atoms with Gasteiger partial charge < -0.3 is 0 Å². The molecule has 0 aliphatic heterocycles. The lowest BCUT2D eigenvalue weighted by Gasteiger charge is -1.87. The van der Waals surface area contributed by atoms with Crippen molar-refractivity contribution in [1.82, 2.24) is 9.97 Å². The van der Waals surface area contributed by atoms with Crippen LogP contribution < -0.4 is 0 Å². The number of aromatic nitrogens is 2. The molecule has 0 N–H and O–H groups in total. The Balaban J connectivity index is 3.15. The molecule has 1 aromatic heterocycles. The molecule has 0 aromatic carbocycles. The summed E-state index contributed by atoms with van der Waals surface area (Å²) in [6.45, 7) is 0. The molecule has 0 atom stereocenters. The number of hydrogen-bond donors (Lipinski definition) is 0. The zero-order chi connectivity index (χ0) is 7.56. The Kier molecular flexibility index (Phi) is 1.44. The fourth-order valence-electron chi connectivity index (χ4n) is 0.436. The van der Waals surface area contributed by atoms with Gasteiger partial charge in [0.15, 0.2) is 0 Å². The number of nitro groups is 1. The van der Waals surface area contributed by atoms with Crippen molar-refractivity contribution in [3.8, 4) is 5.88 Å². The van der Waals surface area contributed by atoms with Crippen LogP contribution in [0.5, 0.6) is 5.88 Å². The summed E-state index contributed by atoms with van der Waals surface area (Å²) >= 11 is 0. The lowest BCUT2D eigenvalue weighted by molar-refractivity contribution is -0.386. The molecule has 1 rings (SSSR count). The molecule has 0 spiro atoms. The molecule has 1 radical (unpaired) electrons. The van der Waals surface area contributed by atoms with Gasteiger partial charge in [0, 0.05) is 0 Å². The van der Waals surface area contributed by atoms with Crippen LogP contribution >= 0.6 is 0 Å². The molecule has 10 heavy (non-hydrogen) atoms. The molecule has 6 nitrogen and oxygen atoms in total. The summed E-state index contributed by atoms with van der Waals surface area (Å²) in [6, 6.07) is 0. The fraction of sp³-hybridized carbons (Fsp3) is 0. The van der Waals surface area contributed by atoms with Crippen LogP contribution in [0.1, 0.15) is 0 Å². The summed E-state index contributed by atoms with van der Waals surface area (Å²) in [7, 11) is 0. The minimum atomic E-state index is -0.861. The molecule has 0 fully saturated rings. The Labute approximate surface area is 55.3 Å². The predicted octanol–water partition coefficient (Wildman–Crippen LogP) is 0.529. The molecular formula is C4H2N3O3. The van der Waals surface area contributed by atoms with Gasteiger partial charge in [0.1, 0.15) is 12.5 Å². The van der Waals surface area contributed by atoms with Gasteiger partial charge in [-0.2, -0.15) is 4.98 Å². The van der Waals surface area contributed by atoms with Crippen molar-refractivity contribution >= 4 is 5.69 Å². The van der Waals surface area contributed by atoms with Crippen molar-refractivity contribution in [1.29, 1.82) is 0 Å². The Bertz CT molecular complexity index is 262. The number of rotatable bonds is 1. The minimum Gasteiger partial charge on any atom is -0.259 e. The van der Waals surface area contributed by atoms with Crippen molar-refractivity contribution in [2.24, 2.45) is 0 Å². The first kappa shape index (κ1) is 6.40. The smallest absolute Gasteiger partial charge is 0.259 e. The molecule has 0 saturated heterocycles. The van der Waals surface area contributed by atoms with Crippen molar-refractivity contribution in [2.75, 3.05) is 0 Å². The summed E-state index contributed by atoms with van der Waals surface area (Å²) in [5.74, 6) is -0.861. The third-order valence-corrected chi connectivity index (χ3v) is 0.854. The molecule has 0 aliphatic rings. The molecule has 0 bridgehead atoms. The van der Waals surface area contributed by atoms with Gasteiger partial charge in [-0.15, -0.1) is 0 Å². The first-order valence-corrected chi connectivity index (χ1v) is 2.33. The van der Waals surface area contributed by atoms with Gasteiger partial charge in [0.05, 0.1) is 4.92 Å². The van der Waals surface area contributed by atoms with Gasteiger partial charge >= 0.3 is 11.6 Å². The van der Waals surface area contributed by atoms with Crippen LogP contribution in [0.15, 0.2) is 12.5 Å². The second kappa shape index (κ2) is 2.26. The third-order valence-electron chi connectivity index (χ3n) is 0.854. The Morgan fingerprint density at radius 1 is 1.60 bits per heavy atom. The Morgan fingerprint density at radius 3 is 2.70 bits per heavy atom. The molecule has 0 aliphatic carbocycles. The van der Waals surface area contributed by atoms with E-state index in [4.69, 9.17) is 0 Å². The summed E-state index contributed by atoms with van der Waals surface area (Å²) in [5, 5.41) is 20.4. The molecule has 6 heteroatoms. The van der Waals surface area contributed by atoms with Gasteiger partial charge in [0.2, 0.25) is 0 Å². The van der Waals surface area contributed by atoms with Crippen molar-refractivity contribution in [3.63, 3.8) is 0 Å². The molecule has 0 unspecified atom stereocenters. The number of hydrogen-bond acceptors (Lipinski definition) is 4. The van der Waals surface area contributed by atoms with E-state index in [2.05, 4.69) is 9.97 Å². The van der Waals surface area contributed by atoms with E-state index in [9.17, 15) is 15.2 Å². The maximum Gasteiger partial charge on any atom is 0.354 e. The molecule has 1 aromatic rings. The normalized spacial score (nSPS) is 9.20. The highest BCUT2D eigenvalue weighted by Crippen LogP contribution is 2.19.